The molecule has 6 nitrogen and oxygen atoms in total. The molecular weight excluding hydrogens is 404 g/mol. The summed E-state index contributed by atoms with van der Waals surface area (Å²) in [6, 6.07) is 14.1. The maximum Gasteiger partial charge on any atom is 0.311 e. The number of para-hydroxylation sites is 4. The second-order valence-corrected chi connectivity index (χ2v) is 8.06. The Bertz CT molecular complexity index is 769. The molecule has 6 heteroatoms. The number of anilines is 2. The Morgan fingerprint density at radius 2 is 0.844 bits per heavy atom. The predicted molar refractivity (Wildman–Crippen MR) is 128 cm³/mol. The predicted octanol–water partition coefficient (Wildman–Crippen LogP) is 6.04. The van der Waals surface area contributed by atoms with Gasteiger partial charge in [0.05, 0.1) is 11.4 Å². The number of nitrogen functional groups attached to an aromatic ring is 2. The van der Waals surface area contributed by atoms with E-state index >= 15 is 0 Å². The molecule has 2 rings (SSSR count). The van der Waals surface area contributed by atoms with E-state index in [2.05, 4.69) is 0 Å². The normalized spacial score (nSPS) is 10.6. The molecule has 0 aliphatic rings. The lowest BCUT2D eigenvalue weighted by molar-refractivity contribution is -0.135. The third-order valence-corrected chi connectivity index (χ3v) is 5.30. The lowest BCUT2D eigenvalue weighted by atomic mass is 10.1. The fourth-order valence-electron chi connectivity index (χ4n) is 3.45. The largest absolute Gasteiger partial charge is 0.424 e. The van der Waals surface area contributed by atoms with E-state index in [1.165, 1.54) is 25.7 Å². The van der Waals surface area contributed by atoms with E-state index in [-0.39, 0.29) is 11.9 Å². The Morgan fingerprint density at radius 1 is 0.531 bits per heavy atom. The summed E-state index contributed by atoms with van der Waals surface area (Å²) in [6.07, 6.45) is 11.7. The Morgan fingerprint density at radius 3 is 1.19 bits per heavy atom. The van der Waals surface area contributed by atoms with Gasteiger partial charge in [0, 0.05) is 12.8 Å². The summed E-state index contributed by atoms with van der Waals surface area (Å²) >= 11 is 0. The van der Waals surface area contributed by atoms with Crippen molar-refractivity contribution in [2.24, 2.45) is 0 Å². The number of rotatable bonds is 15. The Labute approximate surface area is 191 Å². The van der Waals surface area contributed by atoms with Gasteiger partial charge in [0.1, 0.15) is 0 Å². The van der Waals surface area contributed by atoms with E-state index in [4.69, 9.17) is 20.9 Å². The maximum atomic E-state index is 11.9. The number of unbranched alkanes of at least 4 members (excludes halogenated alkanes) is 9. The molecule has 0 aliphatic carbocycles. The van der Waals surface area contributed by atoms with Crippen LogP contribution in [-0.4, -0.2) is 11.9 Å². The standard InChI is InChI=1S/C26H36N2O4/c27-21-15-11-13-17-23(21)31-25(29)19-9-7-5-3-1-2-4-6-8-10-20-26(30)32-24-18-14-12-16-22(24)28/h11-18H,1-10,19-20,27-28H2. The van der Waals surface area contributed by atoms with Gasteiger partial charge in [0.15, 0.2) is 11.5 Å². The highest BCUT2D eigenvalue weighted by molar-refractivity contribution is 5.75. The molecular formula is C26H36N2O4. The monoisotopic (exact) mass is 440 g/mol. The molecule has 0 aliphatic heterocycles. The van der Waals surface area contributed by atoms with Crippen molar-refractivity contribution in [3.8, 4) is 11.5 Å². The number of hydrogen-bond donors (Lipinski definition) is 2. The molecule has 0 atom stereocenters. The number of carbonyl (C=O) groups is 2. The molecule has 0 aromatic heterocycles. The zero-order valence-corrected chi connectivity index (χ0v) is 18.9. The van der Waals surface area contributed by atoms with Crippen molar-refractivity contribution in [1.29, 1.82) is 0 Å². The fourth-order valence-corrected chi connectivity index (χ4v) is 3.45. The maximum absolute atomic E-state index is 11.9. The van der Waals surface area contributed by atoms with E-state index in [1.807, 2.05) is 12.1 Å². The molecule has 0 spiro atoms. The summed E-state index contributed by atoms with van der Waals surface area (Å²) < 4.78 is 10.6. The van der Waals surface area contributed by atoms with Crippen molar-refractivity contribution < 1.29 is 19.1 Å². The van der Waals surface area contributed by atoms with Gasteiger partial charge in [-0.15, -0.1) is 0 Å². The second-order valence-electron chi connectivity index (χ2n) is 8.06. The smallest absolute Gasteiger partial charge is 0.311 e. The molecule has 0 amide bonds. The third kappa shape index (κ3) is 10.3. The van der Waals surface area contributed by atoms with E-state index < -0.39 is 0 Å². The van der Waals surface area contributed by atoms with Crippen molar-refractivity contribution in [2.45, 2.75) is 77.0 Å². The highest BCUT2D eigenvalue weighted by Gasteiger charge is 2.08. The SMILES string of the molecule is Nc1ccccc1OC(=O)CCCCCCCCCCCCC(=O)Oc1ccccc1N. The molecule has 0 radical (unpaired) electrons. The highest BCUT2D eigenvalue weighted by Crippen LogP contribution is 2.22. The first-order chi connectivity index (χ1) is 15.6. The molecule has 32 heavy (non-hydrogen) atoms. The number of ether oxygens (including phenoxy) is 2. The van der Waals surface area contributed by atoms with Gasteiger partial charge in [-0.1, -0.05) is 75.6 Å². The molecule has 0 bridgehead atoms. The topological polar surface area (TPSA) is 105 Å². The molecule has 0 saturated carbocycles. The van der Waals surface area contributed by atoms with Gasteiger partial charge >= 0.3 is 11.9 Å². The summed E-state index contributed by atoms with van der Waals surface area (Å²) in [5.74, 6) is 0.434. The zero-order valence-electron chi connectivity index (χ0n) is 18.9. The Hall–Kier alpha value is -3.02. The van der Waals surface area contributed by atoms with Gasteiger partial charge in [-0.2, -0.15) is 0 Å². The van der Waals surface area contributed by atoms with E-state index in [1.54, 1.807) is 36.4 Å². The van der Waals surface area contributed by atoms with Crippen LogP contribution in [0.15, 0.2) is 48.5 Å². The van der Waals surface area contributed by atoms with Crippen LogP contribution in [0.5, 0.6) is 11.5 Å². The minimum absolute atomic E-state index is 0.223. The Kier molecular flexibility index (Phi) is 11.7. The van der Waals surface area contributed by atoms with Crippen molar-refractivity contribution in [2.75, 3.05) is 11.5 Å². The second kappa shape index (κ2) is 14.9. The van der Waals surface area contributed by atoms with E-state index in [9.17, 15) is 9.59 Å². The van der Waals surface area contributed by atoms with Crippen LogP contribution in [0.4, 0.5) is 11.4 Å². The average Bonchev–Trinajstić information content (AvgIpc) is 2.77. The number of esters is 2. The van der Waals surface area contributed by atoms with Crippen LogP contribution in [0, 0.1) is 0 Å². The zero-order chi connectivity index (χ0) is 23.0. The van der Waals surface area contributed by atoms with Gasteiger partial charge in [0.2, 0.25) is 0 Å². The van der Waals surface area contributed by atoms with Crippen LogP contribution in [0.25, 0.3) is 0 Å². The van der Waals surface area contributed by atoms with Crippen LogP contribution >= 0.6 is 0 Å². The molecule has 2 aromatic carbocycles. The molecule has 4 N–H and O–H groups in total. The minimum Gasteiger partial charge on any atom is -0.424 e. The van der Waals surface area contributed by atoms with Crippen molar-refractivity contribution >= 4 is 23.3 Å². The first-order valence-electron chi connectivity index (χ1n) is 11.7. The average molecular weight is 441 g/mol. The van der Waals surface area contributed by atoms with E-state index in [0.717, 1.165) is 38.5 Å². The number of benzene rings is 2. The van der Waals surface area contributed by atoms with Crippen LogP contribution in [0.1, 0.15) is 77.0 Å². The van der Waals surface area contributed by atoms with Crippen LogP contribution in [0.3, 0.4) is 0 Å². The Balaban J connectivity index is 1.37. The van der Waals surface area contributed by atoms with Crippen molar-refractivity contribution in [3.63, 3.8) is 0 Å². The molecule has 0 saturated heterocycles. The lowest BCUT2D eigenvalue weighted by Gasteiger charge is -2.07. The minimum atomic E-state index is -0.223. The number of nitrogens with two attached hydrogens (primary N) is 2. The third-order valence-electron chi connectivity index (χ3n) is 5.30. The van der Waals surface area contributed by atoms with Crippen molar-refractivity contribution in [3.05, 3.63) is 48.5 Å². The highest BCUT2D eigenvalue weighted by atomic mass is 16.5. The summed E-state index contributed by atoms with van der Waals surface area (Å²) in [6.45, 7) is 0. The quantitative estimate of drug-likeness (QED) is 0.151. The number of hydrogen-bond acceptors (Lipinski definition) is 6. The van der Waals surface area contributed by atoms with Crippen LogP contribution in [0.2, 0.25) is 0 Å². The first-order valence-corrected chi connectivity index (χ1v) is 11.7. The van der Waals surface area contributed by atoms with Crippen LogP contribution in [-0.2, 0) is 9.59 Å². The van der Waals surface area contributed by atoms with Gasteiger partial charge in [0.25, 0.3) is 0 Å². The van der Waals surface area contributed by atoms with Gasteiger partial charge in [-0.3, -0.25) is 9.59 Å². The summed E-state index contributed by atoms with van der Waals surface area (Å²) in [7, 11) is 0. The molecule has 174 valence electrons. The van der Waals surface area contributed by atoms with Gasteiger partial charge in [-0.25, -0.2) is 0 Å². The molecule has 0 unspecified atom stereocenters. The van der Waals surface area contributed by atoms with Gasteiger partial charge in [-0.05, 0) is 37.1 Å². The first kappa shape index (κ1) is 25.2. The van der Waals surface area contributed by atoms with Crippen LogP contribution < -0.4 is 20.9 Å². The summed E-state index contributed by atoms with van der Waals surface area (Å²) in [4.78, 5) is 23.7. The van der Waals surface area contributed by atoms with E-state index in [0.29, 0.717) is 35.7 Å². The lowest BCUT2D eigenvalue weighted by Crippen LogP contribution is -2.08. The summed E-state index contributed by atoms with van der Waals surface area (Å²) in [5.41, 5.74) is 12.5. The molecule has 2 aromatic rings. The van der Waals surface area contributed by atoms with Gasteiger partial charge < -0.3 is 20.9 Å². The fraction of sp³-hybridized carbons (Fsp3) is 0.462. The molecule has 0 fully saturated rings. The number of carbonyl (C=O) groups excluding carboxylic acids is 2. The van der Waals surface area contributed by atoms with Crippen molar-refractivity contribution in [1.82, 2.24) is 0 Å². The molecule has 0 heterocycles. The summed E-state index contributed by atoms with van der Waals surface area (Å²) in [5, 5.41) is 0.